The molecule has 0 aliphatic carbocycles. The van der Waals surface area contributed by atoms with Crippen LogP contribution < -0.4 is 10.2 Å². The highest BCUT2D eigenvalue weighted by Gasteiger charge is 2.56. The third-order valence-electron chi connectivity index (χ3n) is 7.25. The number of anilines is 2. The largest absolute Gasteiger partial charge is 0.393 e. The number of carbonyl (C=O) groups is 2. The Morgan fingerprint density at radius 2 is 1.67 bits per heavy atom. The normalized spacial score (nSPS) is 17.6. The SMILES string of the molecule is O=C(Nc1ccc(C(=O)N2CCC(F)(F)[C@](O)(CO)c3cc(Cl)ccc32)cc1F)c1cc(F)ccc1-c1cccc(F)c1. The summed E-state index contributed by atoms with van der Waals surface area (Å²) >= 11 is 5.97. The second-order valence-electron chi connectivity index (χ2n) is 9.94. The van der Waals surface area contributed by atoms with Crippen LogP contribution in [0.4, 0.5) is 33.3 Å². The molecule has 1 aliphatic heterocycles. The lowest BCUT2D eigenvalue weighted by Crippen LogP contribution is -2.48. The zero-order valence-corrected chi connectivity index (χ0v) is 22.8. The minimum Gasteiger partial charge on any atom is -0.393 e. The number of hydrogen-bond acceptors (Lipinski definition) is 4. The number of aliphatic hydroxyl groups excluding tert-OH is 1. The fraction of sp³-hybridized carbons (Fsp3) is 0.161. The molecule has 0 fully saturated rings. The first-order valence-electron chi connectivity index (χ1n) is 12.8. The summed E-state index contributed by atoms with van der Waals surface area (Å²) in [5.41, 5.74) is -4.07. The number of carbonyl (C=O) groups excluding carboxylic acids is 2. The molecular weight excluding hydrogens is 595 g/mol. The Hall–Kier alpha value is -4.32. The molecule has 1 heterocycles. The van der Waals surface area contributed by atoms with E-state index in [1.807, 2.05) is 0 Å². The van der Waals surface area contributed by atoms with Crippen molar-refractivity contribution in [2.75, 3.05) is 23.4 Å². The summed E-state index contributed by atoms with van der Waals surface area (Å²) in [7, 11) is 0. The van der Waals surface area contributed by atoms with Gasteiger partial charge in [-0.15, -0.1) is 0 Å². The highest BCUT2D eigenvalue weighted by atomic mass is 35.5. The summed E-state index contributed by atoms with van der Waals surface area (Å²) in [5.74, 6) is -8.08. The van der Waals surface area contributed by atoms with Crippen LogP contribution in [0.3, 0.4) is 0 Å². The highest BCUT2D eigenvalue weighted by Crippen LogP contribution is 2.47. The van der Waals surface area contributed by atoms with Crippen molar-refractivity contribution in [1.29, 1.82) is 0 Å². The van der Waals surface area contributed by atoms with Crippen LogP contribution >= 0.6 is 11.6 Å². The maximum atomic E-state index is 15.2. The predicted molar refractivity (Wildman–Crippen MR) is 150 cm³/mol. The van der Waals surface area contributed by atoms with E-state index in [-0.39, 0.29) is 38.7 Å². The van der Waals surface area contributed by atoms with E-state index >= 15 is 4.39 Å². The second-order valence-corrected chi connectivity index (χ2v) is 10.4. The molecule has 2 amide bonds. The van der Waals surface area contributed by atoms with Crippen molar-refractivity contribution < 1.29 is 41.8 Å². The smallest absolute Gasteiger partial charge is 0.284 e. The van der Waals surface area contributed by atoms with Gasteiger partial charge in [-0.2, -0.15) is 0 Å². The Morgan fingerprint density at radius 1 is 0.930 bits per heavy atom. The summed E-state index contributed by atoms with van der Waals surface area (Å²) in [6, 6.07) is 15.1. The number of rotatable bonds is 5. The van der Waals surface area contributed by atoms with Crippen molar-refractivity contribution >= 4 is 34.8 Å². The average Bonchev–Trinajstić information content (AvgIpc) is 3.05. The third kappa shape index (κ3) is 5.58. The molecule has 4 aromatic rings. The first-order valence-corrected chi connectivity index (χ1v) is 13.2. The standard InChI is InChI=1S/C31H22ClF5N2O4/c32-19-5-9-27-24(14-19)30(43,16-40)31(36,37)10-11-39(27)29(42)18-4-8-26(25(35)13-18)38-28(41)23-15-21(34)6-7-22(23)17-2-1-3-20(33)12-17/h1-9,12-15,40,43H,10-11,16H2,(H,38,41)/t30-/m0/s1. The Balaban J connectivity index is 1.45. The maximum absolute atomic E-state index is 15.2. The minimum atomic E-state index is -3.85. The molecule has 0 saturated carbocycles. The van der Waals surface area contributed by atoms with E-state index in [9.17, 15) is 37.4 Å². The molecule has 0 saturated heterocycles. The molecule has 1 atom stereocenters. The minimum absolute atomic E-state index is 0.0271. The van der Waals surface area contributed by atoms with Crippen LogP contribution in [-0.2, 0) is 5.60 Å². The monoisotopic (exact) mass is 616 g/mol. The zero-order valence-electron chi connectivity index (χ0n) is 22.1. The van der Waals surface area contributed by atoms with Crippen LogP contribution in [0, 0.1) is 17.5 Å². The molecular formula is C31H22ClF5N2O4. The van der Waals surface area contributed by atoms with Crippen LogP contribution in [0.2, 0.25) is 5.02 Å². The zero-order chi connectivity index (χ0) is 31.1. The molecule has 0 unspecified atom stereocenters. The summed E-state index contributed by atoms with van der Waals surface area (Å²) in [5, 5.41) is 22.8. The maximum Gasteiger partial charge on any atom is 0.284 e. The first kappa shape index (κ1) is 30.1. The predicted octanol–water partition coefficient (Wildman–Crippen LogP) is 6.54. The van der Waals surface area contributed by atoms with Gasteiger partial charge in [0.05, 0.1) is 23.5 Å². The molecule has 3 N–H and O–H groups in total. The number of halogens is 6. The molecule has 0 bridgehead atoms. The molecule has 1 aliphatic rings. The Labute approximate surface area is 247 Å². The van der Waals surface area contributed by atoms with Crippen LogP contribution in [0.25, 0.3) is 11.1 Å². The number of fused-ring (bicyclic) bond motifs is 1. The molecule has 4 aromatic carbocycles. The number of amides is 2. The number of nitrogens with zero attached hydrogens (tertiary/aromatic N) is 1. The van der Waals surface area contributed by atoms with Gasteiger partial charge >= 0.3 is 0 Å². The van der Waals surface area contributed by atoms with Crippen LogP contribution in [-0.4, -0.2) is 41.1 Å². The van der Waals surface area contributed by atoms with Crippen LogP contribution in [0.5, 0.6) is 0 Å². The van der Waals surface area contributed by atoms with E-state index in [0.29, 0.717) is 0 Å². The van der Waals surface area contributed by atoms with Gasteiger partial charge in [-0.05, 0) is 71.8 Å². The van der Waals surface area contributed by atoms with Crippen LogP contribution in [0.15, 0.2) is 78.9 Å². The molecule has 6 nitrogen and oxygen atoms in total. The number of benzene rings is 4. The fourth-order valence-electron chi connectivity index (χ4n) is 4.97. The quantitative estimate of drug-likeness (QED) is 0.222. The van der Waals surface area contributed by atoms with Crippen LogP contribution in [0.1, 0.15) is 32.7 Å². The summed E-state index contributed by atoms with van der Waals surface area (Å²) in [4.78, 5) is 27.5. The van der Waals surface area contributed by atoms with Crippen molar-refractivity contribution in [1.82, 2.24) is 0 Å². The van der Waals surface area contributed by atoms with E-state index in [1.165, 1.54) is 36.4 Å². The van der Waals surface area contributed by atoms with E-state index in [2.05, 4.69) is 5.32 Å². The van der Waals surface area contributed by atoms with E-state index in [0.717, 1.165) is 47.4 Å². The Morgan fingerprint density at radius 3 is 2.37 bits per heavy atom. The van der Waals surface area contributed by atoms with E-state index in [1.54, 1.807) is 0 Å². The van der Waals surface area contributed by atoms with Crippen molar-refractivity contribution in [2.24, 2.45) is 0 Å². The average molecular weight is 617 g/mol. The van der Waals surface area contributed by atoms with Gasteiger partial charge in [0.15, 0.2) is 5.60 Å². The highest BCUT2D eigenvalue weighted by molar-refractivity contribution is 6.30. The number of nitrogens with one attached hydrogen (secondary N) is 1. The Bertz CT molecular complexity index is 1750. The van der Waals surface area contributed by atoms with Crippen molar-refractivity contribution in [3.8, 4) is 11.1 Å². The van der Waals surface area contributed by atoms with Gasteiger partial charge < -0.3 is 20.4 Å². The lowest BCUT2D eigenvalue weighted by molar-refractivity contribution is -0.205. The van der Waals surface area contributed by atoms with E-state index in [4.69, 9.17) is 11.6 Å². The molecule has 0 aromatic heterocycles. The lowest BCUT2D eigenvalue weighted by Gasteiger charge is -2.33. The number of alkyl halides is 2. The molecule has 43 heavy (non-hydrogen) atoms. The summed E-state index contributed by atoms with van der Waals surface area (Å²) in [6.45, 7) is -1.95. The van der Waals surface area contributed by atoms with Crippen molar-refractivity contribution in [3.63, 3.8) is 0 Å². The number of aliphatic hydroxyl groups is 2. The van der Waals surface area contributed by atoms with Gasteiger partial charge in [0.1, 0.15) is 17.5 Å². The van der Waals surface area contributed by atoms with Gasteiger partial charge in [-0.3, -0.25) is 9.59 Å². The summed E-state index contributed by atoms with van der Waals surface area (Å²) < 4.78 is 73.1. The first-order chi connectivity index (χ1) is 20.3. The van der Waals surface area contributed by atoms with Gasteiger partial charge in [0.25, 0.3) is 17.7 Å². The molecule has 5 rings (SSSR count). The topological polar surface area (TPSA) is 89.9 Å². The van der Waals surface area contributed by atoms with Gasteiger partial charge in [0, 0.05) is 29.1 Å². The van der Waals surface area contributed by atoms with E-state index < -0.39 is 65.9 Å². The van der Waals surface area contributed by atoms with Crippen molar-refractivity contribution in [2.45, 2.75) is 17.9 Å². The summed E-state index contributed by atoms with van der Waals surface area (Å²) in [6.07, 6.45) is -1.03. The van der Waals surface area contributed by atoms with Gasteiger partial charge in [-0.25, -0.2) is 22.0 Å². The fourth-order valence-corrected chi connectivity index (χ4v) is 5.14. The molecule has 222 valence electrons. The van der Waals surface area contributed by atoms with Crippen molar-refractivity contribution in [3.05, 3.63) is 118 Å². The Kier molecular flexibility index (Phi) is 7.99. The molecule has 12 heteroatoms. The van der Waals surface area contributed by atoms with Gasteiger partial charge in [0.2, 0.25) is 0 Å². The second kappa shape index (κ2) is 11.4. The third-order valence-corrected chi connectivity index (χ3v) is 7.48. The number of hydrogen-bond donors (Lipinski definition) is 3. The van der Waals surface area contributed by atoms with Gasteiger partial charge in [-0.1, -0.05) is 29.8 Å². The molecule has 0 spiro atoms. The lowest BCUT2D eigenvalue weighted by atomic mass is 9.86. The molecule has 0 radical (unpaired) electrons.